The topological polar surface area (TPSA) is 142 Å². The van der Waals surface area contributed by atoms with Crippen molar-refractivity contribution >= 4 is 37.5 Å². The van der Waals surface area contributed by atoms with Gasteiger partial charge >= 0.3 is 0 Å². The summed E-state index contributed by atoms with van der Waals surface area (Å²) >= 11 is 0. The first-order chi connectivity index (χ1) is 17.2. The van der Waals surface area contributed by atoms with Crippen LogP contribution in [0, 0.1) is 17.7 Å². The van der Waals surface area contributed by atoms with Gasteiger partial charge in [-0.2, -0.15) is 4.98 Å². The number of sulfonamides is 2. The lowest BCUT2D eigenvalue weighted by Crippen LogP contribution is -2.26. The van der Waals surface area contributed by atoms with Crippen molar-refractivity contribution in [1.29, 1.82) is 0 Å². The van der Waals surface area contributed by atoms with Crippen LogP contribution >= 0.6 is 0 Å². The number of fused-ring (bicyclic) bond motifs is 4. The Balaban J connectivity index is 1.46. The average Bonchev–Trinajstić information content (AvgIpc) is 2.85. The van der Waals surface area contributed by atoms with Gasteiger partial charge < -0.3 is 10.6 Å². The summed E-state index contributed by atoms with van der Waals surface area (Å²) < 4.78 is 67.5. The second-order valence-electron chi connectivity index (χ2n) is 7.69. The third-order valence-electron chi connectivity index (χ3n) is 5.02. The zero-order chi connectivity index (χ0) is 25.6. The lowest BCUT2D eigenvalue weighted by Gasteiger charge is -2.10. The molecule has 2 heterocycles. The Morgan fingerprint density at radius 3 is 2.72 bits per heavy atom. The summed E-state index contributed by atoms with van der Waals surface area (Å²) in [4.78, 5) is 8.83. The SMILES string of the molecule is O=S(=O)(NCCC#Cc1cnc2nc1NCCCNS(=O)(=O)c1cccc(c1)N2)c1ccc(F)cc1. The van der Waals surface area contributed by atoms with Crippen LogP contribution in [0.4, 0.5) is 21.8 Å². The second-order valence-corrected chi connectivity index (χ2v) is 11.2. The largest absolute Gasteiger partial charge is 0.369 e. The van der Waals surface area contributed by atoms with Gasteiger partial charge in [0.15, 0.2) is 0 Å². The fraction of sp³-hybridized carbons (Fsp3) is 0.217. The Labute approximate surface area is 208 Å². The standard InChI is InChI=1S/C23H23FN6O4S2/c24-18-8-10-20(11-9-18)35(31,32)27-13-2-1-5-17-16-26-23-29-19-6-3-7-21(15-19)36(33,34)28-14-4-12-25-22(17)30-23/h3,6-11,15-16,27-28H,2,4,12-14H2,(H2,25,26,29,30). The van der Waals surface area contributed by atoms with Crippen LogP contribution in [0.1, 0.15) is 18.4 Å². The van der Waals surface area contributed by atoms with Gasteiger partial charge in [0.25, 0.3) is 0 Å². The van der Waals surface area contributed by atoms with E-state index >= 15 is 0 Å². The maximum Gasteiger partial charge on any atom is 0.240 e. The molecule has 3 aromatic rings. The highest BCUT2D eigenvalue weighted by molar-refractivity contribution is 7.89. The molecule has 0 radical (unpaired) electrons. The van der Waals surface area contributed by atoms with Crippen LogP contribution in [0.5, 0.6) is 0 Å². The van der Waals surface area contributed by atoms with Crippen LogP contribution in [0.15, 0.2) is 64.5 Å². The van der Waals surface area contributed by atoms with Crippen molar-refractivity contribution in [3.63, 3.8) is 0 Å². The molecular weight excluding hydrogens is 507 g/mol. The molecule has 10 nitrogen and oxygen atoms in total. The minimum Gasteiger partial charge on any atom is -0.369 e. The van der Waals surface area contributed by atoms with Gasteiger partial charge in [-0.1, -0.05) is 17.9 Å². The van der Waals surface area contributed by atoms with Gasteiger partial charge in [-0.15, -0.1) is 0 Å². The van der Waals surface area contributed by atoms with Gasteiger partial charge in [-0.3, -0.25) is 0 Å². The van der Waals surface area contributed by atoms with Crippen molar-refractivity contribution in [2.24, 2.45) is 0 Å². The van der Waals surface area contributed by atoms with Crippen molar-refractivity contribution in [3.05, 3.63) is 66.1 Å². The molecule has 36 heavy (non-hydrogen) atoms. The van der Waals surface area contributed by atoms with E-state index in [0.29, 0.717) is 30.0 Å². The van der Waals surface area contributed by atoms with E-state index in [9.17, 15) is 21.2 Å². The number of nitrogens with zero attached hydrogens (tertiary/aromatic N) is 2. The summed E-state index contributed by atoms with van der Waals surface area (Å²) in [6.45, 7) is 0.731. The number of anilines is 3. The maximum atomic E-state index is 13.0. The Morgan fingerprint density at radius 1 is 1.11 bits per heavy atom. The molecule has 0 saturated carbocycles. The summed E-state index contributed by atoms with van der Waals surface area (Å²) in [5, 5.41) is 6.14. The lowest BCUT2D eigenvalue weighted by molar-refractivity contribution is 0.579. The van der Waals surface area contributed by atoms with Gasteiger partial charge in [0.1, 0.15) is 11.6 Å². The first-order valence-corrected chi connectivity index (χ1v) is 13.9. The van der Waals surface area contributed by atoms with E-state index in [1.54, 1.807) is 12.1 Å². The monoisotopic (exact) mass is 530 g/mol. The van der Waals surface area contributed by atoms with E-state index < -0.39 is 25.9 Å². The van der Waals surface area contributed by atoms with E-state index in [4.69, 9.17) is 0 Å². The minimum absolute atomic E-state index is 0.0309. The van der Waals surface area contributed by atoms with Crippen molar-refractivity contribution in [2.45, 2.75) is 22.6 Å². The smallest absolute Gasteiger partial charge is 0.240 e. The number of halogens is 1. The fourth-order valence-electron chi connectivity index (χ4n) is 3.23. The average molecular weight is 531 g/mol. The van der Waals surface area contributed by atoms with Crippen LogP contribution in [-0.4, -0.2) is 46.4 Å². The third kappa shape index (κ3) is 6.55. The van der Waals surface area contributed by atoms with Gasteiger partial charge in [0.2, 0.25) is 26.0 Å². The second kappa shape index (κ2) is 11.0. The first kappa shape index (κ1) is 25.5. The molecule has 1 aliphatic heterocycles. The molecule has 1 aliphatic rings. The third-order valence-corrected chi connectivity index (χ3v) is 7.95. The van der Waals surface area contributed by atoms with Crippen LogP contribution in [0.3, 0.4) is 0 Å². The fourth-order valence-corrected chi connectivity index (χ4v) is 5.38. The molecule has 4 N–H and O–H groups in total. The zero-order valence-corrected chi connectivity index (χ0v) is 20.6. The molecule has 0 aliphatic carbocycles. The predicted octanol–water partition coefficient (Wildman–Crippen LogP) is 2.17. The number of aromatic nitrogens is 2. The Morgan fingerprint density at radius 2 is 1.92 bits per heavy atom. The minimum atomic E-state index is -3.77. The van der Waals surface area contributed by atoms with Crippen LogP contribution in [0.2, 0.25) is 0 Å². The molecule has 0 atom stereocenters. The normalized spacial score (nSPS) is 15.0. The van der Waals surface area contributed by atoms with Gasteiger partial charge in [-0.25, -0.2) is 35.7 Å². The van der Waals surface area contributed by atoms with Crippen molar-refractivity contribution in [3.8, 4) is 11.8 Å². The molecule has 2 aromatic carbocycles. The van der Waals surface area contributed by atoms with Gasteiger partial charge in [0.05, 0.1) is 21.6 Å². The number of rotatable bonds is 4. The Bertz CT molecular complexity index is 1520. The summed E-state index contributed by atoms with van der Waals surface area (Å²) in [6.07, 6.45) is 2.25. The van der Waals surface area contributed by atoms with Crippen LogP contribution < -0.4 is 20.1 Å². The van der Waals surface area contributed by atoms with E-state index in [1.165, 1.54) is 30.5 Å². The molecule has 0 unspecified atom stereocenters. The van der Waals surface area contributed by atoms with E-state index in [0.717, 1.165) is 12.1 Å². The number of hydrogen-bond acceptors (Lipinski definition) is 8. The first-order valence-electron chi connectivity index (χ1n) is 10.9. The van der Waals surface area contributed by atoms with Crippen LogP contribution in [-0.2, 0) is 20.0 Å². The van der Waals surface area contributed by atoms with E-state index in [1.807, 2.05) is 0 Å². The molecule has 0 spiro atoms. The maximum absolute atomic E-state index is 13.0. The molecule has 13 heteroatoms. The summed E-state index contributed by atoms with van der Waals surface area (Å²) in [5.41, 5.74) is 1.02. The summed E-state index contributed by atoms with van der Waals surface area (Å²) in [5.74, 6) is 6.04. The molecule has 188 valence electrons. The Kier molecular flexibility index (Phi) is 7.80. The lowest BCUT2D eigenvalue weighted by atomic mass is 10.2. The number of nitrogens with one attached hydrogen (secondary N) is 4. The molecule has 4 bridgehead atoms. The molecule has 0 amide bonds. The molecular formula is C23H23FN6O4S2. The highest BCUT2D eigenvalue weighted by Gasteiger charge is 2.16. The molecule has 4 rings (SSSR count). The zero-order valence-electron chi connectivity index (χ0n) is 19.0. The number of benzene rings is 2. The quantitative estimate of drug-likeness (QED) is 0.297. The molecule has 0 saturated heterocycles. The van der Waals surface area contributed by atoms with E-state index in [2.05, 4.69) is 41.9 Å². The summed E-state index contributed by atoms with van der Waals surface area (Å²) in [6, 6.07) is 10.9. The van der Waals surface area contributed by atoms with Gasteiger partial charge in [0, 0.05) is 31.7 Å². The Hall–Kier alpha value is -3.57. The molecule has 1 aromatic heterocycles. The van der Waals surface area contributed by atoms with Crippen molar-refractivity contribution in [2.75, 3.05) is 30.3 Å². The molecule has 0 fully saturated rings. The predicted molar refractivity (Wildman–Crippen MR) is 133 cm³/mol. The van der Waals surface area contributed by atoms with Crippen LogP contribution in [0.25, 0.3) is 0 Å². The number of hydrogen-bond donors (Lipinski definition) is 4. The van der Waals surface area contributed by atoms with Crippen molar-refractivity contribution < 1.29 is 21.2 Å². The summed E-state index contributed by atoms with van der Waals surface area (Å²) in [7, 11) is -7.40. The highest BCUT2D eigenvalue weighted by atomic mass is 32.2. The van der Waals surface area contributed by atoms with Crippen molar-refractivity contribution in [1.82, 2.24) is 19.4 Å². The highest BCUT2D eigenvalue weighted by Crippen LogP contribution is 2.21. The van der Waals surface area contributed by atoms with E-state index in [-0.39, 0.29) is 35.2 Å². The van der Waals surface area contributed by atoms with Gasteiger partial charge in [-0.05, 0) is 48.9 Å².